The second-order valence-corrected chi connectivity index (χ2v) is 3.74. The van der Waals surface area contributed by atoms with Crippen LogP contribution in [0.25, 0.3) is 0 Å². The van der Waals surface area contributed by atoms with Crippen molar-refractivity contribution >= 4 is 0 Å². The van der Waals surface area contributed by atoms with E-state index in [0.29, 0.717) is 6.04 Å². The molecule has 1 saturated carbocycles. The third-order valence-corrected chi connectivity index (χ3v) is 2.63. The Labute approximate surface area is 75.5 Å². The predicted molar refractivity (Wildman–Crippen MR) is 51.6 cm³/mol. The van der Waals surface area contributed by atoms with Crippen LogP contribution in [0.2, 0.25) is 0 Å². The SMILES string of the molecule is CCN(C(CN)C1CC1)N(C)C. The molecule has 1 aliphatic rings. The number of hydrogen-bond donors (Lipinski definition) is 1. The molecule has 0 radical (unpaired) electrons. The van der Waals surface area contributed by atoms with Gasteiger partial charge in [0.1, 0.15) is 0 Å². The first kappa shape index (κ1) is 9.96. The molecule has 0 aromatic rings. The fourth-order valence-corrected chi connectivity index (χ4v) is 1.85. The zero-order valence-corrected chi connectivity index (χ0v) is 8.45. The molecule has 1 fully saturated rings. The van der Waals surface area contributed by atoms with Gasteiger partial charge in [0.05, 0.1) is 0 Å². The van der Waals surface area contributed by atoms with Crippen molar-refractivity contribution in [3.63, 3.8) is 0 Å². The van der Waals surface area contributed by atoms with Gasteiger partial charge in [-0.15, -0.1) is 0 Å². The maximum atomic E-state index is 5.76. The zero-order chi connectivity index (χ0) is 9.14. The summed E-state index contributed by atoms with van der Waals surface area (Å²) in [6.45, 7) is 4.03. The van der Waals surface area contributed by atoms with Crippen LogP contribution in [0, 0.1) is 5.92 Å². The number of nitrogens with two attached hydrogens (primary N) is 1. The van der Waals surface area contributed by atoms with Gasteiger partial charge >= 0.3 is 0 Å². The molecule has 72 valence electrons. The molecule has 0 aromatic heterocycles. The topological polar surface area (TPSA) is 32.5 Å². The van der Waals surface area contributed by atoms with Crippen LogP contribution in [0.4, 0.5) is 0 Å². The van der Waals surface area contributed by atoms with E-state index in [4.69, 9.17) is 5.73 Å². The summed E-state index contributed by atoms with van der Waals surface area (Å²) in [5, 5.41) is 4.52. The highest BCUT2D eigenvalue weighted by Gasteiger charge is 2.34. The van der Waals surface area contributed by atoms with Gasteiger partial charge in [-0.2, -0.15) is 0 Å². The van der Waals surface area contributed by atoms with E-state index in [1.54, 1.807) is 0 Å². The third kappa shape index (κ3) is 2.19. The van der Waals surface area contributed by atoms with E-state index >= 15 is 0 Å². The first-order valence-electron chi connectivity index (χ1n) is 4.84. The molecule has 3 nitrogen and oxygen atoms in total. The third-order valence-electron chi connectivity index (χ3n) is 2.63. The average molecular weight is 171 g/mol. The van der Waals surface area contributed by atoms with Crippen molar-refractivity contribution in [2.45, 2.75) is 25.8 Å². The molecule has 2 N–H and O–H groups in total. The van der Waals surface area contributed by atoms with E-state index in [1.165, 1.54) is 12.8 Å². The summed E-state index contributed by atoms with van der Waals surface area (Å²) in [5.74, 6) is 0.859. The first-order chi connectivity index (χ1) is 5.70. The van der Waals surface area contributed by atoms with Crippen molar-refractivity contribution in [2.24, 2.45) is 11.7 Å². The van der Waals surface area contributed by atoms with Crippen molar-refractivity contribution in [2.75, 3.05) is 27.2 Å². The minimum Gasteiger partial charge on any atom is -0.329 e. The van der Waals surface area contributed by atoms with Crippen molar-refractivity contribution in [3.05, 3.63) is 0 Å². The van der Waals surface area contributed by atoms with E-state index in [0.717, 1.165) is 19.0 Å². The van der Waals surface area contributed by atoms with E-state index < -0.39 is 0 Å². The van der Waals surface area contributed by atoms with E-state index in [-0.39, 0.29) is 0 Å². The maximum Gasteiger partial charge on any atom is 0.0396 e. The summed E-state index contributed by atoms with van der Waals surface area (Å²) < 4.78 is 0. The minimum absolute atomic E-state index is 0.574. The van der Waals surface area contributed by atoms with Crippen molar-refractivity contribution in [3.8, 4) is 0 Å². The Bertz CT molecular complexity index is 124. The Morgan fingerprint density at radius 3 is 2.25 bits per heavy atom. The van der Waals surface area contributed by atoms with E-state index in [1.807, 2.05) is 0 Å². The molecule has 0 aliphatic heterocycles. The van der Waals surface area contributed by atoms with Crippen molar-refractivity contribution in [1.82, 2.24) is 10.0 Å². The van der Waals surface area contributed by atoms with E-state index in [2.05, 4.69) is 31.0 Å². The predicted octanol–water partition coefficient (Wildman–Crippen LogP) is 0.522. The summed E-state index contributed by atoms with van der Waals surface area (Å²) in [5.41, 5.74) is 5.76. The highest BCUT2D eigenvalue weighted by Crippen LogP contribution is 2.34. The lowest BCUT2D eigenvalue weighted by Crippen LogP contribution is -2.49. The largest absolute Gasteiger partial charge is 0.329 e. The van der Waals surface area contributed by atoms with Gasteiger partial charge in [0.15, 0.2) is 0 Å². The second kappa shape index (κ2) is 4.21. The molecule has 1 rings (SSSR count). The zero-order valence-electron chi connectivity index (χ0n) is 8.45. The van der Waals surface area contributed by atoms with Crippen LogP contribution in [-0.4, -0.2) is 43.2 Å². The summed E-state index contributed by atoms with van der Waals surface area (Å²) >= 11 is 0. The molecule has 0 spiro atoms. The fourth-order valence-electron chi connectivity index (χ4n) is 1.85. The van der Waals surface area contributed by atoms with Gasteiger partial charge in [0.25, 0.3) is 0 Å². The Hall–Kier alpha value is -0.120. The molecule has 1 atom stereocenters. The van der Waals surface area contributed by atoms with Crippen LogP contribution < -0.4 is 5.73 Å². The minimum atomic E-state index is 0.574. The molecular formula is C9H21N3. The van der Waals surface area contributed by atoms with Crippen LogP contribution in [0.3, 0.4) is 0 Å². The lowest BCUT2D eigenvalue weighted by molar-refractivity contribution is -0.0183. The van der Waals surface area contributed by atoms with Crippen LogP contribution in [0.5, 0.6) is 0 Å². The van der Waals surface area contributed by atoms with Crippen LogP contribution in [0.1, 0.15) is 19.8 Å². The van der Waals surface area contributed by atoms with E-state index in [9.17, 15) is 0 Å². The maximum absolute atomic E-state index is 5.76. The monoisotopic (exact) mass is 171 g/mol. The fraction of sp³-hybridized carbons (Fsp3) is 1.00. The number of rotatable bonds is 5. The van der Waals surface area contributed by atoms with Gasteiger partial charge in [-0.1, -0.05) is 6.92 Å². The Kier molecular flexibility index (Phi) is 3.50. The first-order valence-corrected chi connectivity index (χ1v) is 4.84. The Morgan fingerprint density at radius 2 is 2.00 bits per heavy atom. The lowest BCUT2D eigenvalue weighted by atomic mass is 10.2. The second-order valence-electron chi connectivity index (χ2n) is 3.74. The molecule has 0 bridgehead atoms. The number of likely N-dealkylation sites (N-methyl/N-ethyl adjacent to an activating group) is 1. The van der Waals surface area contributed by atoms with Gasteiger partial charge in [-0.05, 0) is 18.8 Å². The molecule has 3 heteroatoms. The number of hydrogen-bond acceptors (Lipinski definition) is 3. The highest BCUT2D eigenvalue weighted by atomic mass is 15.6. The number of nitrogens with zero attached hydrogens (tertiary/aromatic N) is 2. The molecule has 0 aromatic carbocycles. The van der Waals surface area contributed by atoms with Crippen LogP contribution in [0.15, 0.2) is 0 Å². The summed E-state index contributed by atoms with van der Waals surface area (Å²) in [4.78, 5) is 0. The summed E-state index contributed by atoms with van der Waals surface area (Å²) in [7, 11) is 4.18. The smallest absolute Gasteiger partial charge is 0.0396 e. The number of hydrazine groups is 1. The van der Waals surface area contributed by atoms with Crippen LogP contribution in [-0.2, 0) is 0 Å². The molecule has 1 unspecified atom stereocenters. The molecular weight excluding hydrogens is 150 g/mol. The van der Waals surface area contributed by atoms with Gasteiger partial charge < -0.3 is 5.73 Å². The van der Waals surface area contributed by atoms with Gasteiger partial charge in [0, 0.05) is 33.2 Å². The van der Waals surface area contributed by atoms with Crippen LogP contribution >= 0.6 is 0 Å². The lowest BCUT2D eigenvalue weighted by Gasteiger charge is -2.35. The molecule has 0 saturated heterocycles. The van der Waals surface area contributed by atoms with Gasteiger partial charge in [-0.25, -0.2) is 10.0 Å². The standard InChI is InChI=1S/C9H21N3/c1-4-12(11(2)3)9(7-10)8-5-6-8/h8-9H,4-7,10H2,1-3H3. The summed E-state index contributed by atoms with van der Waals surface area (Å²) in [6, 6.07) is 0.574. The summed E-state index contributed by atoms with van der Waals surface area (Å²) in [6.07, 6.45) is 2.73. The molecule has 12 heavy (non-hydrogen) atoms. The van der Waals surface area contributed by atoms with Gasteiger partial charge in [-0.3, -0.25) is 0 Å². The Morgan fingerprint density at radius 1 is 1.42 bits per heavy atom. The van der Waals surface area contributed by atoms with Crippen molar-refractivity contribution < 1.29 is 0 Å². The molecule has 0 heterocycles. The van der Waals surface area contributed by atoms with Gasteiger partial charge in [0.2, 0.25) is 0 Å². The average Bonchev–Trinajstić information content (AvgIpc) is 2.81. The van der Waals surface area contributed by atoms with Crippen molar-refractivity contribution in [1.29, 1.82) is 0 Å². The quantitative estimate of drug-likeness (QED) is 0.612. The molecule has 1 aliphatic carbocycles. The Balaban J connectivity index is 2.47. The molecule has 0 amide bonds. The highest BCUT2D eigenvalue weighted by molar-refractivity contribution is 4.87. The normalized spacial score (nSPS) is 20.5.